The fourth-order valence-corrected chi connectivity index (χ4v) is 1.53. The van der Waals surface area contributed by atoms with Gasteiger partial charge < -0.3 is 16.0 Å². The van der Waals surface area contributed by atoms with Gasteiger partial charge in [-0.3, -0.25) is 4.79 Å². The van der Waals surface area contributed by atoms with E-state index in [1.54, 1.807) is 0 Å². The zero-order valence-electron chi connectivity index (χ0n) is 9.50. The molecular formula is C13H13N3O. The Morgan fingerprint density at radius 3 is 3.06 bits per heavy atom. The lowest BCUT2D eigenvalue weighted by Gasteiger charge is -1.91. The highest BCUT2D eigenvalue weighted by molar-refractivity contribution is 5.84. The molecule has 0 aliphatic rings. The number of carbonyl (C=O) groups excluding carboxylic acids is 1. The van der Waals surface area contributed by atoms with Gasteiger partial charge in [0, 0.05) is 23.5 Å². The zero-order chi connectivity index (χ0) is 12.3. The van der Waals surface area contributed by atoms with E-state index in [1.807, 2.05) is 24.3 Å². The molecule has 2 aromatic rings. The summed E-state index contributed by atoms with van der Waals surface area (Å²) in [5.41, 5.74) is 8.24. The van der Waals surface area contributed by atoms with Crippen molar-refractivity contribution in [2.24, 2.45) is 0 Å². The van der Waals surface area contributed by atoms with Crippen LogP contribution < -0.4 is 11.1 Å². The Morgan fingerprint density at radius 2 is 2.29 bits per heavy atom. The Labute approximate surface area is 99.2 Å². The third kappa shape index (κ3) is 2.79. The number of fused-ring (bicyclic) bond motifs is 1. The number of hydrogen-bond acceptors (Lipinski definition) is 2. The number of carbonyl (C=O) groups is 1. The summed E-state index contributed by atoms with van der Waals surface area (Å²) < 4.78 is 0. The molecule has 0 saturated heterocycles. The molecule has 0 aliphatic heterocycles. The monoisotopic (exact) mass is 227 g/mol. The second-order valence-corrected chi connectivity index (χ2v) is 3.74. The van der Waals surface area contributed by atoms with Crippen molar-refractivity contribution in [1.29, 1.82) is 0 Å². The van der Waals surface area contributed by atoms with Gasteiger partial charge >= 0.3 is 0 Å². The zero-order valence-corrected chi connectivity index (χ0v) is 9.50. The first kappa shape index (κ1) is 11.1. The predicted molar refractivity (Wildman–Crippen MR) is 68.3 cm³/mol. The Hall–Kier alpha value is -2.41. The molecule has 1 heterocycles. The average molecular weight is 227 g/mol. The molecule has 4 nitrogen and oxygen atoms in total. The molecule has 17 heavy (non-hydrogen) atoms. The Kier molecular flexibility index (Phi) is 3.01. The highest BCUT2D eigenvalue weighted by Gasteiger charge is 1.98. The Bertz CT molecular complexity index is 616. The predicted octanol–water partition coefficient (Wildman–Crippen LogP) is 1.24. The maximum Gasteiger partial charge on any atom is 0.217 e. The number of rotatable bonds is 1. The number of nitrogens with one attached hydrogen (secondary N) is 2. The minimum absolute atomic E-state index is 0.0799. The second-order valence-electron chi connectivity index (χ2n) is 3.74. The van der Waals surface area contributed by atoms with Crippen molar-refractivity contribution in [2.45, 2.75) is 6.92 Å². The number of benzene rings is 1. The smallest absolute Gasteiger partial charge is 0.217 e. The van der Waals surface area contributed by atoms with Crippen molar-refractivity contribution in [3.8, 4) is 11.8 Å². The van der Waals surface area contributed by atoms with Crippen LogP contribution in [0.4, 0.5) is 5.69 Å². The molecule has 0 radical (unpaired) electrons. The van der Waals surface area contributed by atoms with E-state index in [0.717, 1.165) is 22.3 Å². The number of nitrogen functional groups attached to an aromatic ring is 1. The lowest BCUT2D eigenvalue weighted by Crippen LogP contribution is -2.19. The fraction of sp³-hybridized carbons (Fsp3) is 0.154. The summed E-state index contributed by atoms with van der Waals surface area (Å²) in [6.07, 6.45) is 0. The van der Waals surface area contributed by atoms with Crippen LogP contribution >= 0.6 is 0 Å². The molecule has 0 unspecified atom stereocenters. The SMILES string of the molecule is CC(=O)NCC#Cc1cc2cc(N)ccc2[nH]1. The third-order valence-corrected chi connectivity index (χ3v) is 2.29. The van der Waals surface area contributed by atoms with Gasteiger partial charge in [-0.15, -0.1) is 0 Å². The Morgan fingerprint density at radius 1 is 1.47 bits per heavy atom. The van der Waals surface area contributed by atoms with Crippen molar-refractivity contribution in [3.05, 3.63) is 30.0 Å². The molecule has 86 valence electrons. The van der Waals surface area contributed by atoms with Crippen LogP contribution in [-0.2, 0) is 4.79 Å². The van der Waals surface area contributed by atoms with E-state index in [-0.39, 0.29) is 5.91 Å². The van der Waals surface area contributed by atoms with Crippen LogP contribution in [0.25, 0.3) is 10.9 Å². The molecule has 4 heteroatoms. The van der Waals surface area contributed by atoms with Crippen LogP contribution in [0.2, 0.25) is 0 Å². The summed E-state index contributed by atoms with van der Waals surface area (Å²) in [5.74, 6) is 5.73. The van der Waals surface area contributed by atoms with Crippen LogP contribution in [0, 0.1) is 11.8 Å². The summed E-state index contributed by atoms with van der Waals surface area (Å²) in [4.78, 5) is 13.8. The number of aromatic nitrogens is 1. The van der Waals surface area contributed by atoms with Crippen molar-refractivity contribution >= 4 is 22.5 Å². The summed E-state index contributed by atoms with van der Waals surface area (Å²) in [5, 5.41) is 3.65. The van der Waals surface area contributed by atoms with Crippen LogP contribution in [0.5, 0.6) is 0 Å². The van der Waals surface area contributed by atoms with Gasteiger partial charge in [0.1, 0.15) is 0 Å². The second kappa shape index (κ2) is 4.62. The number of H-pyrrole nitrogens is 1. The molecule has 1 aromatic carbocycles. The molecule has 2 rings (SSSR count). The minimum atomic E-state index is -0.0799. The molecule has 0 saturated carbocycles. The van der Waals surface area contributed by atoms with E-state index in [9.17, 15) is 4.79 Å². The maximum atomic E-state index is 10.6. The van der Waals surface area contributed by atoms with Gasteiger partial charge in [-0.05, 0) is 30.2 Å². The first-order valence-corrected chi connectivity index (χ1v) is 5.27. The van der Waals surface area contributed by atoms with Crippen LogP contribution in [0.15, 0.2) is 24.3 Å². The number of nitrogens with two attached hydrogens (primary N) is 1. The van der Waals surface area contributed by atoms with Gasteiger partial charge in [0.25, 0.3) is 0 Å². The first-order valence-electron chi connectivity index (χ1n) is 5.27. The van der Waals surface area contributed by atoms with Crippen molar-refractivity contribution < 1.29 is 4.79 Å². The summed E-state index contributed by atoms with van der Waals surface area (Å²) in [6.45, 7) is 1.82. The molecule has 0 atom stereocenters. The van der Waals surface area contributed by atoms with Crippen LogP contribution in [0.1, 0.15) is 12.6 Å². The lowest BCUT2D eigenvalue weighted by molar-refractivity contribution is -0.118. The lowest BCUT2D eigenvalue weighted by atomic mass is 10.2. The largest absolute Gasteiger partial charge is 0.399 e. The number of aromatic amines is 1. The molecule has 0 aliphatic carbocycles. The van der Waals surface area contributed by atoms with Gasteiger partial charge in [0.05, 0.1) is 12.2 Å². The summed E-state index contributed by atoms with van der Waals surface area (Å²) in [7, 11) is 0. The number of amides is 1. The van der Waals surface area contributed by atoms with Gasteiger partial charge in [0.15, 0.2) is 0 Å². The fourth-order valence-electron chi connectivity index (χ4n) is 1.53. The molecule has 1 amide bonds. The standard InChI is InChI=1S/C13H13N3O/c1-9(17)15-6-2-3-12-8-10-7-11(14)4-5-13(10)16-12/h4-5,7-8,16H,6,14H2,1H3,(H,15,17). The third-order valence-electron chi connectivity index (χ3n) is 2.29. The first-order chi connectivity index (χ1) is 8.15. The van der Waals surface area contributed by atoms with E-state index in [2.05, 4.69) is 22.1 Å². The molecule has 0 fully saturated rings. The van der Waals surface area contributed by atoms with Gasteiger partial charge in [-0.2, -0.15) is 0 Å². The Balaban J connectivity index is 2.16. The van der Waals surface area contributed by atoms with Crippen LogP contribution in [-0.4, -0.2) is 17.4 Å². The molecule has 4 N–H and O–H groups in total. The van der Waals surface area contributed by atoms with E-state index in [1.165, 1.54) is 6.92 Å². The van der Waals surface area contributed by atoms with Crippen LogP contribution in [0.3, 0.4) is 0 Å². The van der Waals surface area contributed by atoms with E-state index < -0.39 is 0 Å². The van der Waals surface area contributed by atoms with Crippen molar-refractivity contribution in [3.63, 3.8) is 0 Å². The van der Waals surface area contributed by atoms with E-state index >= 15 is 0 Å². The average Bonchev–Trinajstić information content (AvgIpc) is 2.66. The van der Waals surface area contributed by atoms with Gasteiger partial charge in [-0.1, -0.05) is 5.92 Å². The van der Waals surface area contributed by atoms with Crippen molar-refractivity contribution in [1.82, 2.24) is 10.3 Å². The van der Waals surface area contributed by atoms with Gasteiger partial charge in [-0.25, -0.2) is 0 Å². The summed E-state index contributed by atoms with van der Waals surface area (Å²) >= 11 is 0. The van der Waals surface area contributed by atoms with E-state index in [4.69, 9.17) is 5.73 Å². The number of hydrogen-bond donors (Lipinski definition) is 3. The van der Waals surface area contributed by atoms with E-state index in [0.29, 0.717) is 6.54 Å². The molecule has 0 spiro atoms. The highest BCUT2D eigenvalue weighted by atomic mass is 16.1. The topological polar surface area (TPSA) is 70.9 Å². The molecular weight excluding hydrogens is 214 g/mol. The molecule has 1 aromatic heterocycles. The quantitative estimate of drug-likeness (QED) is 0.506. The minimum Gasteiger partial charge on any atom is -0.399 e. The molecule has 0 bridgehead atoms. The normalized spacial score (nSPS) is 9.71. The maximum absolute atomic E-state index is 10.6. The summed E-state index contributed by atoms with van der Waals surface area (Å²) in [6, 6.07) is 7.59. The number of anilines is 1. The van der Waals surface area contributed by atoms with Gasteiger partial charge in [0.2, 0.25) is 5.91 Å². The highest BCUT2D eigenvalue weighted by Crippen LogP contribution is 2.17. The van der Waals surface area contributed by atoms with Crippen molar-refractivity contribution in [2.75, 3.05) is 12.3 Å².